The van der Waals surface area contributed by atoms with Gasteiger partial charge >= 0.3 is 0 Å². The zero-order chi connectivity index (χ0) is 32.1. The Morgan fingerprint density at radius 2 is 1.40 bits per heavy atom. The van der Waals surface area contributed by atoms with Crippen LogP contribution in [-0.2, 0) is 5.41 Å². The standard InChI is InChI=1S/C43H31BN2OS/c1-24-21-34-39-35(22-24)46-40-29(38-28-12-6-8-18-37(28)48-42(38)46)14-9-15-31(40)44(39)30-20-19-25(43(2,3)4)23-33(30)45(34)32-16-10-13-27-26-11-5-7-17-36(26)47-41(27)32/h5-23H,1-4H3. The minimum atomic E-state index is -0.00316. The van der Waals surface area contributed by atoms with E-state index in [0.717, 1.165) is 27.6 Å². The molecule has 0 N–H and O–H groups in total. The van der Waals surface area contributed by atoms with E-state index in [1.165, 1.54) is 75.8 Å². The van der Waals surface area contributed by atoms with Crippen molar-refractivity contribution in [1.82, 2.24) is 4.57 Å². The molecule has 228 valence electrons. The first-order chi connectivity index (χ1) is 23.4. The van der Waals surface area contributed by atoms with Crippen molar-refractivity contribution >= 4 is 105 Å². The first kappa shape index (κ1) is 26.8. The molecule has 11 rings (SSSR count). The molecule has 48 heavy (non-hydrogen) atoms. The average Bonchev–Trinajstić information content (AvgIpc) is 3.75. The average molecular weight is 635 g/mol. The molecule has 5 heterocycles. The minimum Gasteiger partial charge on any atom is -0.454 e. The summed E-state index contributed by atoms with van der Waals surface area (Å²) in [5.41, 5.74) is 14.6. The molecule has 6 aromatic carbocycles. The highest BCUT2D eigenvalue weighted by molar-refractivity contribution is 7.26. The maximum Gasteiger partial charge on any atom is 0.252 e. The van der Waals surface area contributed by atoms with Crippen LogP contribution in [0, 0.1) is 6.92 Å². The van der Waals surface area contributed by atoms with E-state index < -0.39 is 0 Å². The summed E-state index contributed by atoms with van der Waals surface area (Å²) in [6.07, 6.45) is 0. The Morgan fingerprint density at radius 3 is 2.27 bits per heavy atom. The number of aryl methyl sites for hydroxylation is 1. The van der Waals surface area contributed by atoms with Gasteiger partial charge in [0.2, 0.25) is 0 Å². The number of aromatic nitrogens is 1. The van der Waals surface area contributed by atoms with Crippen molar-refractivity contribution < 1.29 is 4.42 Å². The van der Waals surface area contributed by atoms with Crippen LogP contribution in [0.1, 0.15) is 31.9 Å². The van der Waals surface area contributed by atoms with Crippen LogP contribution in [0.4, 0.5) is 17.1 Å². The lowest BCUT2D eigenvalue weighted by Gasteiger charge is -2.41. The first-order valence-electron chi connectivity index (χ1n) is 16.8. The molecule has 0 radical (unpaired) electrons. The molecule has 0 fully saturated rings. The highest BCUT2D eigenvalue weighted by Crippen LogP contribution is 2.48. The predicted octanol–water partition coefficient (Wildman–Crippen LogP) is 10.1. The number of anilines is 3. The third-order valence-corrected chi connectivity index (χ3v) is 11.9. The van der Waals surface area contributed by atoms with Gasteiger partial charge in [-0.25, -0.2) is 0 Å². The summed E-state index contributed by atoms with van der Waals surface area (Å²) in [6, 6.07) is 42.9. The molecule has 3 nitrogen and oxygen atoms in total. The Balaban J connectivity index is 1.31. The highest BCUT2D eigenvalue weighted by atomic mass is 32.1. The molecule has 0 amide bonds. The molecule has 0 saturated carbocycles. The molecule has 0 unspecified atom stereocenters. The minimum absolute atomic E-state index is 0.00316. The molecule has 2 aliphatic rings. The summed E-state index contributed by atoms with van der Waals surface area (Å²) >= 11 is 1.91. The van der Waals surface area contributed by atoms with Gasteiger partial charge in [-0.15, -0.1) is 11.3 Å². The molecule has 0 saturated heterocycles. The smallest absolute Gasteiger partial charge is 0.252 e. The fraction of sp³-hybridized carbons (Fsp3) is 0.116. The molecule has 0 spiro atoms. The molecule has 9 aromatic rings. The Labute approximate surface area is 282 Å². The normalized spacial score (nSPS) is 13.8. The third-order valence-electron chi connectivity index (χ3n) is 10.8. The number of fused-ring (bicyclic) bond motifs is 12. The van der Waals surface area contributed by atoms with Crippen molar-refractivity contribution in [2.24, 2.45) is 0 Å². The fourth-order valence-electron chi connectivity index (χ4n) is 8.68. The largest absolute Gasteiger partial charge is 0.454 e. The van der Waals surface area contributed by atoms with E-state index in [-0.39, 0.29) is 12.1 Å². The van der Waals surface area contributed by atoms with Crippen LogP contribution >= 0.6 is 11.3 Å². The van der Waals surface area contributed by atoms with Crippen LogP contribution in [0.15, 0.2) is 120 Å². The highest BCUT2D eigenvalue weighted by Gasteiger charge is 2.43. The predicted molar refractivity (Wildman–Crippen MR) is 206 cm³/mol. The van der Waals surface area contributed by atoms with Gasteiger partial charge in [-0.05, 0) is 76.3 Å². The van der Waals surface area contributed by atoms with Crippen molar-refractivity contribution in [1.29, 1.82) is 0 Å². The summed E-state index contributed by atoms with van der Waals surface area (Å²) in [4.78, 5) is 3.83. The summed E-state index contributed by atoms with van der Waals surface area (Å²) in [7, 11) is 0. The molecular formula is C43H31BN2OS. The summed E-state index contributed by atoms with van der Waals surface area (Å²) in [6.45, 7) is 9.28. The molecule has 0 aliphatic carbocycles. The lowest BCUT2D eigenvalue weighted by molar-refractivity contribution is 0.590. The summed E-state index contributed by atoms with van der Waals surface area (Å²) in [5.74, 6) is 0. The van der Waals surface area contributed by atoms with E-state index in [0.29, 0.717) is 0 Å². The van der Waals surface area contributed by atoms with Crippen LogP contribution < -0.4 is 21.3 Å². The van der Waals surface area contributed by atoms with E-state index in [1.54, 1.807) is 0 Å². The van der Waals surface area contributed by atoms with Crippen molar-refractivity contribution in [3.8, 4) is 5.69 Å². The van der Waals surface area contributed by atoms with Gasteiger partial charge in [0.1, 0.15) is 10.4 Å². The van der Waals surface area contributed by atoms with Gasteiger partial charge in [0.15, 0.2) is 5.58 Å². The molecule has 0 atom stereocenters. The van der Waals surface area contributed by atoms with Gasteiger partial charge in [-0.1, -0.05) is 99.6 Å². The number of hydrogen-bond acceptors (Lipinski definition) is 3. The zero-order valence-corrected chi connectivity index (χ0v) is 28.1. The maximum absolute atomic E-state index is 6.73. The van der Waals surface area contributed by atoms with Crippen LogP contribution in [0.2, 0.25) is 0 Å². The molecule has 3 aromatic heterocycles. The molecule has 5 heteroatoms. The van der Waals surface area contributed by atoms with Gasteiger partial charge in [0, 0.05) is 48.7 Å². The Hall–Kier alpha value is -5.26. The van der Waals surface area contributed by atoms with Crippen LogP contribution in [-0.4, -0.2) is 11.3 Å². The quantitative estimate of drug-likeness (QED) is 0.168. The Bertz CT molecular complexity index is 2860. The monoisotopic (exact) mass is 634 g/mol. The van der Waals surface area contributed by atoms with Gasteiger partial charge < -0.3 is 13.9 Å². The Kier molecular flexibility index (Phi) is 5.02. The second kappa shape index (κ2) is 9.00. The number of benzene rings is 6. The van der Waals surface area contributed by atoms with Crippen LogP contribution in [0.5, 0.6) is 0 Å². The van der Waals surface area contributed by atoms with E-state index in [1.807, 2.05) is 11.3 Å². The lowest BCUT2D eigenvalue weighted by atomic mass is 9.33. The summed E-state index contributed by atoms with van der Waals surface area (Å²) in [5, 5.41) is 6.35. The zero-order valence-electron chi connectivity index (χ0n) is 27.3. The third kappa shape index (κ3) is 3.30. The van der Waals surface area contributed by atoms with Crippen molar-refractivity contribution in [2.45, 2.75) is 33.1 Å². The van der Waals surface area contributed by atoms with Gasteiger partial charge in [-0.3, -0.25) is 0 Å². The van der Waals surface area contributed by atoms with Crippen LogP contribution in [0.3, 0.4) is 0 Å². The second-order valence-corrected chi connectivity index (χ2v) is 15.6. The van der Waals surface area contributed by atoms with Crippen molar-refractivity contribution in [3.63, 3.8) is 0 Å². The first-order valence-corrected chi connectivity index (χ1v) is 17.6. The second-order valence-electron chi connectivity index (χ2n) is 14.6. The number of rotatable bonds is 1. The molecular weight excluding hydrogens is 603 g/mol. The summed E-state index contributed by atoms with van der Waals surface area (Å²) < 4.78 is 10.6. The number of hydrogen-bond donors (Lipinski definition) is 0. The van der Waals surface area contributed by atoms with Crippen molar-refractivity contribution in [3.05, 3.63) is 126 Å². The topological polar surface area (TPSA) is 21.3 Å². The SMILES string of the molecule is Cc1cc2c3c(c1)-n1c4sc5ccccc5c4c4cccc(c41)B3c1ccc(C(C)(C)C)cc1N2c1cccc2c1oc1ccccc12. The van der Waals surface area contributed by atoms with Gasteiger partial charge in [0.05, 0.1) is 11.2 Å². The van der Waals surface area contributed by atoms with Gasteiger partial charge in [-0.2, -0.15) is 0 Å². The fourth-order valence-corrected chi connectivity index (χ4v) is 9.91. The molecule has 0 bridgehead atoms. The number of thiophene rings is 1. The maximum atomic E-state index is 6.73. The van der Waals surface area contributed by atoms with E-state index in [4.69, 9.17) is 4.42 Å². The van der Waals surface area contributed by atoms with E-state index >= 15 is 0 Å². The van der Waals surface area contributed by atoms with E-state index in [9.17, 15) is 0 Å². The van der Waals surface area contributed by atoms with Crippen LogP contribution in [0.25, 0.3) is 58.8 Å². The number of para-hydroxylation sites is 3. The van der Waals surface area contributed by atoms with Gasteiger partial charge in [0.25, 0.3) is 6.71 Å². The number of furan rings is 1. The number of nitrogens with zero attached hydrogens (tertiary/aromatic N) is 2. The van der Waals surface area contributed by atoms with E-state index in [2.05, 4.69) is 152 Å². The molecule has 2 aliphatic heterocycles. The Morgan fingerprint density at radius 1 is 0.646 bits per heavy atom. The van der Waals surface area contributed by atoms with Crippen molar-refractivity contribution in [2.75, 3.05) is 4.90 Å². The lowest BCUT2D eigenvalue weighted by Crippen LogP contribution is -2.60.